The zero-order chi connectivity index (χ0) is 21.3. The number of benzene rings is 2. The summed E-state index contributed by atoms with van der Waals surface area (Å²) in [5.41, 5.74) is 2.42. The van der Waals surface area contributed by atoms with Crippen molar-refractivity contribution in [3.8, 4) is 22.8 Å². The van der Waals surface area contributed by atoms with Gasteiger partial charge in [0.15, 0.2) is 11.5 Å². The topological polar surface area (TPSA) is 108 Å². The van der Waals surface area contributed by atoms with Gasteiger partial charge >= 0.3 is 0 Å². The molecule has 0 aliphatic heterocycles. The third kappa shape index (κ3) is 3.64. The summed E-state index contributed by atoms with van der Waals surface area (Å²) in [4.78, 5) is -0.0191. The van der Waals surface area contributed by atoms with E-state index in [1.807, 2.05) is 19.1 Å². The monoisotopic (exact) mass is 425 g/mol. The number of hydrogen-bond donors (Lipinski definition) is 1. The Morgan fingerprint density at radius 1 is 0.967 bits per heavy atom. The van der Waals surface area contributed by atoms with Crippen molar-refractivity contribution in [2.75, 3.05) is 18.9 Å². The van der Waals surface area contributed by atoms with Crippen LogP contribution in [-0.4, -0.2) is 42.4 Å². The average molecular weight is 425 g/mol. The fourth-order valence-electron chi connectivity index (χ4n) is 3.00. The van der Waals surface area contributed by atoms with E-state index in [4.69, 9.17) is 9.47 Å². The van der Waals surface area contributed by atoms with Crippen LogP contribution in [0.1, 0.15) is 5.82 Å². The molecule has 0 fully saturated rings. The van der Waals surface area contributed by atoms with E-state index in [0.717, 1.165) is 5.56 Å². The van der Waals surface area contributed by atoms with Gasteiger partial charge in [0.25, 0.3) is 10.0 Å². The van der Waals surface area contributed by atoms with Crippen LogP contribution in [0, 0.1) is 6.92 Å². The number of rotatable bonds is 6. The van der Waals surface area contributed by atoms with Gasteiger partial charge in [-0.1, -0.05) is 12.1 Å². The Balaban J connectivity index is 1.69. The Hall–Kier alpha value is -3.66. The van der Waals surface area contributed by atoms with Crippen LogP contribution in [0.2, 0.25) is 0 Å². The number of ether oxygens (including phenoxy) is 2. The van der Waals surface area contributed by atoms with Gasteiger partial charge < -0.3 is 9.47 Å². The molecule has 2 heterocycles. The normalized spacial score (nSPS) is 11.4. The largest absolute Gasteiger partial charge is 0.497 e. The van der Waals surface area contributed by atoms with Crippen LogP contribution in [0.15, 0.2) is 59.5 Å². The second-order valence-electron chi connectivity index (χ2n) is 6.44. The van der Waals surface area contributed by atoms with Crippen LogP contribution in [0.4, 0.5) is 5.69 Å². The first-order valence-electron chi connectivity index (χ1n) is 8.95. The molecule has 0 aliphatic rings. The molecule has 0 spiro atoms. The van der Waals surface area contributed by atoms with Gasteiger partial charge in [-0.3, -0.25) is 4.72 Å². The van der Waals surface area contributed by atoms with Crippen molar-refractivity contribution in [1.29, 1.82) is 0 Å². The molecule has 0 amide bonds. The fourth-order valence-corrected chi connectivity index (χ4v) is 4.23. The van der Waals surface area contributed by atoms with Gasteiger partial charge in [-0.2, -0.15) is 9.61 Å². The minimum atomic E-state index is -3.92. The first kappa shape index (κ1) is 19.6. The lowest BCUT2D eigenvalue weighted by Crippen LogP contribution is -2.14. The third-order valence-corrected chi connectivity index (χ3v) is 5.89. The number of fused-ring (bicyclic) bond motifs is 1. The zero-order valence-corrected chi connectivity index (χ0v) is 17.3. The number of hydrogen-bond acceptors (Lipinski definition) is 7. The zero-order valence-electron chi connectivity index (χ0n) is 16.5. The van der Waals surface area contributed by atoms with Crippen LogP contribution < -0.4 is 14.2 Å². The Morgan fingerprint density at radius 3 is 2.57 bits per heavy atom. The maximum Gasteiger partial charge on any atom is 0.265 e. The summed E-state index contributed by atoms with van der Waals surface area (Å²) in [6, 6.07) is 15.2. The number of anilines is 1. The van der Waals surface area contributed by atoms with E-state index in [1.54, 1.807) is 40.9 Å². The smallest absolute Gasteiger partial charge is 0.265 e. The molecule has 0 atom stereocenters. The van der Waals surface area contributed by atoms with Crippen LogP contribution in [0.3, 0.4) is 0 Å². The molecule has 0 aliphatic carbocycles. The van der Waals surface area contributed by atoms with Crippen LogP contribution in [0.25, 0.3) is 16.9 Å². The highest BCUT2D eigenvalue weighted by Gasteiger charge is 2.21. The van der Waals surface area contributed by atoms with Crippen molar-refractivity contribution in [2.24, 2.45) is 0 Å². The SMILES string of the molecule is COc1ccc(OC)c(S(=O)(=O)Nc2cccc(-c3ccc4nnc(C)n4n3)c2)c1. The number of nitrogens with one attached hydrogen (secondary N) is 1. The molecule has 2 aromatic heterocycles. The van der Waals surface area contributed by atoms with E-state index in [2.05, 4.69) is 20.0 Å². The van der Waals surface area contributed by atoms with E-state index < -0.39 is 10.0 Å². The van der Waals surface area contributed by atoms with E-state index >= 15 is 0 Å². The van der Waals surface area contributed by atoms with Gasteiger partial charge in [0.1, 0.15) is 16.4 Å². The molecular formula is C20H19N5O4S. The Labute approximate surface area is 173 Å². The first-order chi connectivity index (χ1) is 14.4. The molecular weight excluding hydrogens is 406 g/mol. The van der Waals surface area contributed by atoms with Crippen molar-refractivity contribution in [3.63, 3.8) is 0 Å². The van der Waals surface area contributed by atoms with Crippen molar-refractivity contribution < 1.29 is 17.9 Å². The van der Waals surface area contributed by atoms with Crippen molar-refractivity contribution in [1.82, 2.24) is 19.8 Å². The van der Waals surface area contributed by atoms with E-state index in [1.165, 1.54) is 20.3 Å². The molecule has 0 unspecified atom stereocenters. The maximum absolute atomic E-state index is 13.0. The lowest BCUT2D eigenvalue weighted by Gasteiger charge is -2.13. The lowest BCUT2D eigenvalue weighted by molar-refractivity contribution is 0.392. The quantitative estimate of drug-likeness (QED) is 0.506. The van der Waals surface area contributed by atoms with Gasteiger partial charge in [-0.25, -0.2) is 8.42 Å². The highest BCUT2D eigenvalue weighted by atomic mass is 32.2. The standard InChI is InChI=1S/C20H19N5O4S/c1-13-21-22-20-10-8-17(23-25(13)20)14-5-4-6-15(11-14)24-30(26,27)19-12-16(28-2)7-9-18(19)29-3/h4-12,24H,1-3H3. The van der Waals surface area contributed by atoms with Crippen molar-refractivity contribution in [3.05, 3.63) is 60.4 Å². The number of sulfonamides is 1. The van der Waals surface area contributed by atoms with Crippen molar-refractivity contribution >= 4 is 21.4 Å². The van der Waals surface area contributed by atoms with E-state index in [9.17, 15) is 8.42 Å². The average Bonchev–Trinajstić information content (AvgIpc) is 3.13. The van der Waals surface area contributed by atoms with Crippen LogP contribution in [0.5, 0.6) is 11.5 Å². The van der Waals surface area contributed by atoms with Crippen LogP contribution >= 0.6 is 0 Å². The molecule has 154 valence electrons. The molecule has 4 rings (SSSR count). The summed E-state index contributed by atoms with van der Waals surface area (Å²) in [5.74, 6) is 1.29. The predicted octanol–water partition coefficient (Wildman–Crippen LogP) is 2.92. The lowest BCUT2D eigenvalue weighted by atomic mass is 10.1. The summed E-state index contributed by atoms with van der Waals surface area (Å²) in [5, 5.41) is 12.5. The Kier molecular flexibility index (Phi) is 5.00. The highest BCUT2D eigenvalue weighted by Crippen LogP contribution is 2.30. The molecule has 0 saturated heterocycles. The van der Waals surface area contributed by atoms with E-state index in [-0.39, 0.29) is 10.6 Å². The second kappa shape index (κ2) is 7.64. The summed E-state index contributed by atoms with van der Waals surface area (Å²) in [6.45, 7) is 1.81. The van der Waals surface area contributed by atoms with Gasteiger partial charge in [-0.15, -0.1) is 10.2 Å². The van der Waals surface area contributed by atoms with E-state index in [0.29, 0.717) is 28.6 Å². The summed E-state index contributed by atoms with van der Waals surface area (Å²) < 4.78 is 40.6. The Bertz CT molecular complexity index is 1330. The summed E-state index contributed by atoms with van der Waals surface area (Å²) in [7, 11) is -1.04. The minimum Gasteiger partial charge on any atom is -0.497 e. The molecule has 30 heavy (non-hydrogen) atoms. The molecule has 0 radical (unpaired) electrons. The molecule has 2 aromatic carbocycles. The van der Waals surface area contributed by atoms with Gasteiger partial charge in [0.2, 0.25) is 0 Å². The molecule has 0 bridgehead atoms. The van der Waals surface area contributed by atoms with Crippen molar-refractivity contribution in [2.45, 2.75) is 11.8 Å². The minimum absolute atomic E-state index is 0.0191. The molecule has 10 heteroatoms. The highest BCUT2D eigenvalue weighted by molar-refractivity contribution is 7.92. The van der Waals surface area contributed by atoms with Gasteiger partial charge in [-0.05, 0) is 43.3 Å². The fraction of sp³-hybridized carbons (Fsp3) is 0.150. The molecule has 0 saturated carbocycles. The van der Waals surface area contributed by atoms with Gasteiger partial charge in [0.05, 0.1) is 19.9 Å². The summed E-state index contributed by atoms with van der Waals surface area (Å²) in [6.07, 6.45) is 0. The number of aromatic nitrogens is 4. The third-order valence-electron chi connectivity index (χ3n) is 4.49. The summed E-state index contributed by atoms with van der Waals surface area (Å²) >= 11 is 0. The number of aryl methyl sites for hydroxylation is 1. The first-order valence-corrected chi connectivity index (χ1v) is 10.4. The van der Waals surface area contributed by atoms with Crippen LogP contribution in [-0.2, 0) is 10.0 Å². The number of nitrogens with zero attached hydrogens (tertiary/aromatic N) is 4. The van der Waals surface area contributed by atoms with Gasteiger partial charge in [0, 0.05) is 17.3 Å². The molecule has 1 N–H and O–H groups in total. The maximum atomic E-state index is 13.0. The second-order valence-corrected chi connectivity index (χ2v) is 8.09. The number of methoxy groups -OCH3 is 2. The predicted molar refractivity (Wildman–Crippen MR) is 111 cm³/mol. The molecule has 4 aromatic rings. The molecule has 9 nitrogen and oxygen atoms in total. The Morgan fingerprint density at radius 2 is 1.80 bits per heavy atom.